The Hall–Kier alpha value is -1.17. The number of nitrogens with zero attached hydrogens (tertiary/aromatic N) is 2. The van der Waals surface area contributed by atoms with Crippen LogP contribution in [-0.2, 0) is 4.79 Å². The van der Waals surface area contributed by atoms with Gasteiger partial charge in [-0.25, -0.2) is 4.39 Å². The van der Waals surface area contributed by atoms with Crippen molar-refractivity contribution in [3.63, 3.8) is 0 Å². The summed E-state index contributed by atoms with van der Waals surface area (Å²) < 4.78 is 13.0. The summed E-state index contributed by atoms with van der Waals surface area (Å²) in [5.74, 6) is -0.185. The molecule has 0 aliphatic carbocycles. The Morgan fingerprint density at radius 1 is 1.42 bits per heavy atom. The minimum atomic E-state index is -0.262. The van der Waals surface area contributed by atoms with Gasteiger partial charge in [0.1, 0.15) is 5.82 Å². The van der Waals surface area contributed by atoms with Gasteiger partial charge in [-0.3, -0.25) is 9.69 Å². The van der Waals surface area contributed by atoms with Crippen LogP contribution in [0.3, 0.4) is 0 Å². The van der Waals surface area contributed by atoms with Crippen LogP contribution in [0, 0.1) is 11.2 Å². The van der Waals surface area contributed by atoms with Crippen molar-refractivity contribution in [2.45, 2.75) is 39.3 Å². The lowest BCUT2D eigenvalue weighted by atomic mass is 9.80. The second kappa shape index (κ2) is 8.28. The first-order chi connectivity index (χ1) is 10.7. The van der Waals surface area contributed by atoms with Crippen LogP contribution in [0.2, 0.25) is 0 Å². The monoisotopic (exact) mass is 357 g/mol. The smallest absolute Gasteiger partial charge is 0.236 e. The predicted octanol–water partition coefficient (Wildman–Crippen LogP) is 2.83. The first-order valence-electron chi connectivity index (χ1n) is 8.20. The molecule has 1 aromatic carbocycles. The number of rotatable bonds is 4. The standard InChI is InChI=1S/C18H28FN3O.ClH/c1-13(14-5-7-15(19)8-6-14)21(4)17(23)11-22-10-9-16(20)18(2,3)12-22;/h5-8,13,16H,9-12,20H2,1-4H3;1H. The zero-order chi connectivity index (χ0) is 17.2. The number of hydrogen-bond donors (Lipinski definition) is 1. The first kappa shape index (κ1) is 20.9. The molecule has 136 valence electrons. The molecule has 24 heavy (non-hydrogen) atoms. The zero-order valence-electron chi connectivity index (χ0n) is 15.0. The van der Waals surface area contributed by atoms with Crippen molar-refractivity contribution in [1.29, 1.82) is 0 Å². The van der Waals surface area contributed by atoms with E-state index in [1.165, 1.54) is 12.1 Å². The van der Waals surface area contributed by atoms with E-state index < -0.39 is 0 Å². The van der Waals surface area contributed by atoms with Gasteiger partial charge in [0.15, 0.2) is 0 Å². The average molecular weight is 358 g/mol. The molecule has 1 heterocycles. The molecule has 1 aromatic rings. The molecule has 2 unspecified atom stereocenters. The van der Waals surface area contributed by atoms with Gasteiger partial charge >= 0.3 is 0 Å². The van der Waals surface area contributed by atoms with Gasteiger partial charge in [0.2, 0.25) is 5.91 Å². The molecule has 0 bridgehead atoms. The molecular formula is C18H29ClFN3O. The topological polar surface area (TPSA) is 49.6 Å². The van der Waals surface area contributed by atoms with Crippen molar-refractivity contribution in [2.24, 2.45) is 11.1 Å². The number of likely N-dealkylation sites (N-methyl/N-ethyl adjacent to an activating group) is 1. The average Bonchev–Trinajstić information content (AvgIpc) is 2.50. The van der Waals surface area contributed by atoms with E-state index in [0.717, 1.165) is 25.1 Å². The molecule has 1 saturated heterocycles. The van der Waals surface area contributed by atoms with Gasteiger partial charge in [-0.2, -0.15) is 0 Å². The van der Waals surface area contributed by atoms with Crippen LogP contribution in [0.1, 0.15) is 38.8 Å². The van der Waals surface area contributed by atoms with Crippen LogP contribution in [0.15, 0.2) is 24.3 Å². The van der Waals surface area contributed by atoms with Gasteiger partial charge in [-0.05, 0) is 36.5 Å². The van der Waals surface area contributed by atoms with Crippen molar-refractivity contribution >= 4 is 18.3 Å². The summed E-state index contributed by atoms with van der Waals surface area (Å²) in [5, 5.41) is 0. The Kier molecular flexibility index (Phi) is 7.20. The number of hydrogen-bond acceptors (Lipinski definition) is 3. The van der Waals surface area contributed by atoms with E-state index in [0.29, 0.717) is 6.54 Å². The van der Waals surface area contributed by atoms with Gasteiger partial charge in [-0.15, -0.1) is 12.4 Å². The molecule has 0 saturated carbocycles. The van der Waals surface area contributed by atoms with E-state index in [9.17, 15) is 9.18 Å². The normalized spacial score (nSPS) is 21.7. The van der Waals surface area contributed by atoms with Crippen molar-refractivity contribution in [3.05, 3.63) is 35.6 Å². The number of amides is 1. The molecule has 6 heteroatoms. The Balaban J connectivity index is 0.00000288. The minimum Gasteiger partial charge on any atom is -0.338 e. The van der Waals surface area contributed by atoms with E-state index >= 15 is 0 Å². The highest BCUT2D eigenvalue weighted by Gasteiger charge is 2.34. The Morgan fingerprint density at radius 3 is 2.54 bits per heavy atom. The Morgan fingerprint density at radius 2 is 2.00 bits per heavy atom. The third kappa shape index (κ3) is 4.91. The van der Waals surface area contributed by atoms with E-state index in [1.54, 1.807) is 24.1 Å². The van der Waals surface area contributed by atoms with Crippen LogP contribution in [0.4, 0.5) is 4.39 Å². The van der Waals surface area contributed by atoms with E-state index in [4.69, 9.17) is 5.73 Å². The summed E-state index contributed by atoms with van der Waals surface area (Å²) in [5.41, 5.74) is 7.11. The number of halogens is 2. The summed E-state index contributed by atoms with van der Waals surface area (Å²) in [4.78, 5) is 16.5. The molecule has 1 fully saturated rings. The quantitative estimate of drug-likeness (QED) is 0.901. The van der Waals surface area contributed by atoms with Crippen molar-refractivity contribution in [3.8, 4) is 0 Å². The molecule has 2 rings (SSSR count). The highest BCUT2D eigenvalue weighted by Crippen LogP contribution is 2.28. The minimum absolute atomic E-state index is 0. The number of nitrogens with two attached hydrogens (primary N) is 1. The van der Waals surface area contributed by atoms with Gasteiger partial charge in [-0.1, -0.05) is 26.0 Å². The van der Waals surface area contributed by atoms with E-state index in [1.807, 2.05) is 6.92 Å². The van der Waals surface area contributed by atoms with E-state index in [2.05, 4.69) is 18.7 Å². The van der Waals surface area contributed by atoms with Gasteiger partial charge in [0.25, 0.3) is 0 Å². The molecule has 2 atom stereocenters. The van der Waals surface area contributed by atoms with Crippen LogP contribution < -0.4 is 5.73 Å². The highest BCUT2D eigenvalue weighted by molar-refractivity contribution is 5.85. The highest BCUT2D eigenvalue weighted by atomic mass is 35.5. The fourth-order valence-electron chi connectivity index (χ4n) is 3.10. The second-order valence-electron chi connectivity index (χ2n) is 7.33. The summed E-state index contributed by atoms with van der Waals surface area (Å²) in [6, 6.07) is 6.42. The SMILES string of the molecule is CC(c1ccc(F)cc1)N(C)C(=O)CN1CCC(N)C(C)(C)C1.Cl. The molecule has 0 spiro atoms. The lowest BCUT2D eigenvalue weighted by Crippen LogP contribution is -2.54. The summed E-state index contributed by atoms with van der Waals surface area (Å²) in [6.07, 6.45) is 0.914. The molecule has 1 aliphatic heterocycles. The molecule has 2 N–H and O–H groups in total. The molecule has 0 radical (unpaired) electrons. The molecular weight excluding hydrogens is 329 g/mol. The fraction of sp³-hybridized carbons (Fsp3) is 0.611. The summed E-state index contributed by atoms with van der Waals surface area (Å²) >= 11 is 0. The predicted molar refractivity (Wildman–Crippen MR) is 97.6 cm³/mol. The number of piperidine rings is 1. The van der Waals surface area contributed by atoms with Crippen molar-refractivity contribution in [2.75, 3.05) is 26.7 Å². The lowest BCUT2D eigenvalue weighted by molar-refractivity contribution is -0.133. The second-order valence-corrected chi connectivity index (χ2v) is 7.33. The number of carbonyl (C=O) groups is 1. The summed E-state index contributed by atoms with van der Waals surface area (Å²) in [6.45, 7) is 8.35. The van der Waals surface area contributed by atoms with Crippen molar-refractivity contribution < 1.29 is 9.18 Å². The van der Waals surface area contributed by atoms with Crippen LogP contribution in [-0.4, -0.2) is 48.4 Å². The molecule has 4 nitrogen and oxygen atoms in total. The molecule has 1 aliphatic rings. The van der Waals surface area contributed by atoms with E-state index in [-0.39, 0.29) is 41.6 Å². The van der Waals surface area contributed by atoms with Gasteiger partial charge < -0.3 is 10.6 Å². The maximum Gasteiger partial charge on any atom is 0.236 e. The van der Waals surface area contributed by atoms with Gasteiger partial charge in [0, 0.05) is 26.2 Å². The maximum absolute atomic E-state index is 13.0. The maximum atomic E-state index is 13.0. The Labute approximate surface area is 150 Å². The Bertz CT molecular complexity index is 550. The molecule has 0 aromatic heterocycles. The number of likely N-dealkylation sites (tertiary alicyclic amines) is 1. The third-order valence-electron chi connectivity index (χ3n) is 5.08. The zero-order valence-corrected chi connectivity index (χ0v) is 15.8. The first-order valence-corrected chi connectivity index (χ1v) is 8.20. The summed E-state index contributed by atoms with van der Waals surface area (Å²) in [7, 11) is 1.80. The van der Waals surface area contributed by atoms with Crippen molar-refractivity contribution in [1.82, 2.24) is 9.80 Å². The third-order valence-corrected chi connectivity index (χ3v) is 5.08. The van der Waals surface area contributed by atoms with Gasteiger partial charge in [0.05, 0.1) is 12.6 Å². The van der Waals surface area contributed by atoms with Crippen LogP contribution >= 0.6 is 12.4 Å². The van der Waals surface area contributed by atoms with Crippen LogP contribution in [0.25, 0.3) is 0 Å². The lowest BCUT2D eigenvalue weighted by Gasteiger charge is -2.42. The van der Waals surface area contributed by atoms with Crippen LogP contribution in [0.5, 0.6) is 0 Å². The number of benzene rings is 1. The number of carbonyl (C=O) groups excluding carboxylic acids is 1. The fourth-order valence-corrected chi connectivity index (χ4v) is 3.10. The molecule has 1 amide bonds. The largest absolute Gasteiger partial charge is 0.338 e.